The summed E-state index contributed by atoms with van der Waals surface area (Å²) in [5.74, 6) is -0.165. The summed E-state index contributed by atoms with van der Waals surface area (Å²) in [5, 5.41) is 2.84. The van der Waals surface area contributed by atoms with Crippen LogP contribution in [0, 0.1) is 5.82 Å². The van der Waals surface area contributed by atoms with Crippen molar-refractivity contribution in [3.05, 3.63) is 71.3 Å². The van der Waals surface area contributed by atoms with Gasteiger partial charge in [0.05, 0.1) is 10.7 Å². The molecular weight excluding hydrogens is 359 g/mol. The number of nitrogens with two attached hydrogens (primary N) is 1. The van der Waals surface area contributed by atoms with Crippen LogP contribution in [0.15, 0.2) is 54.9 Å². The molecule has 0 atom stereocenters. The minimum Gasteiger partial charge on any atom is -0.471 e. The predicted molar refractivity (Wildman–Crippen MR) is 96.4 cm³/mol. The number of halogens is 2. The summed E-state index contributed by atoms with van der Waals surface area (Å²) < 4.78 is 19.0. The zero-order valence-electron chi connectivity index (χ0n) is 13.4. The quantitative estimate of drug-likeness (QED) is 0.708. The van der Waals surface area contributed by atoms with E-state index in [1.54, 1.807) is 30.3 Å². The Labute approximate surface area is 153 Å². The maximum Gasteiger partial charge on any atom is 0.316 e. The number of amides is 2. The molecule has 132 valence electrons. The van der Waals surface area contributed by atoms with Crippen LogP contribution in [0.4, 0.5) is 14.9 Å². The minimum absolute atomic E-state index is 0.0898. The highest BCUT2D eigenvalue weighted by Gasteiger charge is 2.18. The average molecular weight is 373 g/mol. The van der Waals surface area contributed by atoms with Gasteiger partial charge in [0.2, 0.25) is 5.88 Å². The maximum atomic E-state index is 13.3. The molecular formula is C18H14ClFN4O2. The first-order valence-corrected chi connectivity index (χ1v) is 7.96. The molecule has 0 fully saturated rings. The van der Waals surface area contributed by atoms with Crippen molar-refractivity contribution >= 4 is 23.3 Å². The predicted octanol–water partition coefficient (Wildman–Crippen LogP) is 4.01. The summed E-state index contributed by atoms with van der Waals surface area (Å²) in [4.78, 5) is 19.7. The van der Waals surface area contributed by atoms with E-state index in [0.29, 0.717) is 27.5 Å². The second-order valence-electron chi connectivity index (χ2n) is 5.28. The van der Waals surface area contributed by atoms with Crippen molar-refractivity contribution in [3.63, 3.8) is 0 Å². The molecule has 0 radical (unpaired) electrons. The van der Waals surface area contributed by atoms with E-state index in [9.17, 15) is 9.18 Å². The number of benzene rings is 2. The summed E-state index contributed by atoms with van der Waals surface area (Å²) in [6.45, 7) is 0.0898. The second-order valence-corrected chi connectivity index (χ2v) is 5.69. The van der Waals surface area contributed by atoms with Gasteiger partial charge in [0.15, 0.2) is 0 Å². The highest BCUT2D eigenvalue weighted by Crippen LogP contribution is 2.37. The average Bonchev–Trinajstić information content (AvgIpc) is 2.60. The smallest absolute Gasteiger partial charge is 0.316 e. The number of hydrogen-bond acceptors (Lipinski definition) is 4. The van der Waals surface area contributed by atoms with Crippen LogP contribution in [0.5, 0.6) is 5.88 Å². The third kappa shape index (κ3) is 4.07. The monoisotopic (exact) mass is 372 g/mol. The Kier molecular flexibility index (Phi) is 5.28. The number of anilines is 1. The molecule has 0 unspecified atom stereocenters. The maximum absolute atomic E-state index is 13.3. The summed E-state index contributed by atoms with van der Waals surface area (Å²) >= 11 is 6.29. The molecule has 0 bridgehead atoms. The molecule has 0 spiro atoms. The number of carbonyl (C=O) groups excluding carboxylic acids is 1. The Morgan fingerprint density at radius 2 is 1.96 bits per heavy atom. The standard InChI is InChI=1S/C18H14ClFN4O2/c19-13-5-2-6-14(24-18(21)25)15(13)16-17(23-8-7-22-16)26-10-11-3-1-4-12(20)9-11/h1-9H,10H2,(H3,21,24,25). The van der Waals surface area contributed by atoms with E-state index in [-0.39, 0.29) is 18.3 Å². The molecule has 8 heteroatoms. The molecule has 1 heterocycles. The van der Waals surface area contributed by atoms with Gasteiger partial charge in [0.25, 0.3) is 0 Å². The Morgan fingerprint density at radius 1 is 1.19 bits per heavy atom. The fourth-order valence-electron chi connectivity index (χ4n) is 2.38. The number of hydrogen-bond donors (Lipinski definition) is 2. The van der Waals surface area contributed by atoms with Gasteiger partial charge in [-0.2, -0.15) is 0 Å². The van der Waals surface area contributed by atoms with Crippen LogP contribution in [0.3, 0.4) is 0 Å². The van der Waals surface area contributed by atoms with E-state index in [1.165, 1.54) is 24.5 Å². The number of nitrogens with one attached hydrogen (secondary N) is 1. The van der Waals surface area contributed by atoms with Crippen LogP contribution < -0.4 is 15.8 Å². The van der Waals surface area contributed by atoms with Gasteiger partial charge in [-0.3, -0.25) is 0 Å². The molecule has 3 N–H and O–H groups in total. The molecule has 2 amide bonds. The summed E-state index contributed by atoms with van der Waals surface area (Å²) in [6.07, 6.45) is 2.93. The van der Waals surface area contributed by atoms with E-state index in [4.69, 9.17) is 22.1 Å². The number of urea groups is 1. The van der Waals surface area contributed by atoms with E-state index < -0.39 is 6.03 Å². The lowest BCUT2D eigenvalue weighted by atomic mass is 10.1. The zero-order valence-corrected chi connectivity index (χ0v) is 14.2. The van der Waals surface area contributed by atoms with Crippen molar-refractivity contribution in [2.75, 3.05) is 5.32 Å². The molecule has 0 saturated carbocycles. The van der Waals surface area contributed by atoms with Crippen molar-refractivity contribution < 1.29 is 13.9 Å². The molecule has 3 rings (SSSR count). The first kappa shape index (κ1) is 17.6. The van der Waals surface area contributed by atoms with Gasteiger partial charge in [0.1, 0.15) is 18.1 Å². The van der Waals surface area contributed by atoms with Gasteiger partial charge >= 0.3 is 6.03 Å². The number of rotatable bonds is 5. The number of aromatic nitrogens is 2. The normalized spacial score (nSPS) is 10.4. The largest absolute Gasteiger partial charge is 0.471 e. The fraction of sp³-hybridized carbons (Fsp3) is 0.0556. The van der Waals surface area contributed by atoms with Gasteiger partial charge in [-0.1, -0.05) is 29.8 Å². The molecule has 2 aromatic carbocycles. The van der Waals surface area contributed by atoms with Gasteiger partial charge in [-0.05, 0) is 29.8 Å². The van der Waals surface area contributed by atoms with Crippen molar-refractivity contribution in [1.29, 1.82) is 0 Å². The Balaban J connectivity index is 1.96. The third-order valence-electron chi connectivity index (χ3n) is 3.44. The van der Waals surface area contributed by atoms with Crippen LogP contribution in [0.25, 0.3) is 11.3 Å². The van der Waals surface area contributed by atoms with Crippen LogP contribution >= 0.6 is 11.6 Å². The summed E-state index contributed by atoms with van der Waals surface area (Å²) in [6, 6.07) is 10.3. The number of carbonyl (C=O) groups is 1. The van der Waals surface area contributed by atoms with Gasteiger partial charge < -0.3 is 15.8 Å². The molecule has 0 saturated heterocycles. The lowest BCUT2D eigenvalue weighted by Gasteiger charge is -2.14. The summed E-state index contributed by atoms with van der Waals surface area (Å²) in [5.41, 5.74) is 6.98. The second kappa shape index (κ2) is 7.79. The molecule has 0 aliphatic rings. The van der Waals surface area contributed by atoms with Crippen molar-refractivity contribution in [2.45, 2.75) is 6.61 Å². The molecule has 26 heavy (non-hydrogen) atoms. The number of primary amides is 1. The first-order chi connectivity index (χ1) is 12.5. The molecule has 6 nitrogen and oxygen atoms in total. The SMILES string of the molecule is NC(=O)Nc1cccc(Cl)c1-c1nccnc1OCc1cccc(F)c1. The highest BCUT2D eigenvalue weighted by molar-refractivity contribution is 6.34. The molecule has 3 aromatic rings. The lowest BCUT2D eigenvalue weighted by Crippen LogP contribution is -2.20. The van der Waals surface area contributed by atoms with Crippen molar-refractivity contribution in [2.24, 2.45) is 5.73 Å². The minimum atomic E-state index is -0.736. The van der Waals surface area contributed by atoms with Crippen molar-refractivity contribution in [1.82, 2.24) is 9.97 Å². The lowest BCUT2D eigenvalue weighted by molar-refractivity contribution is 0.259. The summed E-state index contributed by atoms with van der Waals surface area (Å²) in [7, 11) is 0. The molecule has 1 aromatic heterocycles. The van der Waals surface area contributed by atoms with Gasteiger partial charge in [-0.25, -0.2) is 19.2 Å². The topological polar surface area (TPSA) is 90.1 Å². The third-order valence-corrected chi connectivity index (χ3v) is 3.75. The van der Waals surface area contributed by atoms with Crippen molar-refractivity contribution in [3.8, 4) is 17.1 Å². The van der Waals surface area contributed by atoms with E-state index in [0.717, 1.165) is 0 Å². The van der Waals surface area contributed by atoms with Gasteiger partial charge in [-0.15, -0.1) is 0 Å². The highest BCUT2D eigenvalue weighted by atomic mass is 35.5. The zero-order chi connectivity index (χ0) is 18.5. The van der Waals surface area contributed by atoms with Crippen LogP contribution in [0.1, 0.15) is 5.56 Å². The molecule has 0 aliphatic heterocycles. The Bertz CT molecular complexity index is 952. The van der Waals surface area contributed by atoms with Gasteiger partial charge in [0, 0.05) is 18.0 Å². The Morgan fingerprint density at radius 3 is 2.73 bits per heavy atom. The van der Waals surface area contributed by atoms with Crippen LogP contribution in [0.2, 0.25) is 5.02 Å². The van der Waals surface area contributed by atoms with E-state index in [1.807, 2.05) is 0 Å². The Hall–Kier alpha value is -3.19. The number of ether oxygens (including phenoxy) is 1. The van der Waals surface area contributed by atoms with E-state index in [2.05, 4.69) is 15.3 Å². The fourth-order valence-corrected chi connectivity index (χ4v) is 2.65. The van der Waals surface area contributed by atoms with E-state index >= 15 is 0 Å². The molecule has 0 aliphatic carbocycles. The number of nitrogens with zero attached hydrogens (tertiary/aromatic N) is 2. The first-order valence-electron chi connectivity index (χ1n) is 7.58. The van der Waals surface area contributed by atoms with Crippen LogP contribution in [-0.2, 0) is 6.61 Å². The van der Waals surface area contributed by atoms with Crippen LogP contribution in [-0.4, -0.2) is 16.0 Å².